The SMILES string of the molecule is CC(C)NC(=O)c1cc(C(=O)O)[nH]n1. The number of carbonyl (C=O) groups excluding carboxylic acids is 1. The summed E-state index contributed by atoms with van der Waals surface area (Å²) >= 11 is 0. The Morgan fingerprint density at radius 1 is 1.57 bits per heavy atom. The fraction of sp³-hybridized carbons (Fsp3) is 0.375. The number of aromatic carboxylic acids is 1. The van der Waals surface area contributed by atoms with Gasteiger partial charge in [0, 0.05) is 12.1 Å². The zero-order chi connectivity index (χ0) is 10.7. The number of rotatable bonds is 3. The molecule has 14 heavy (non-hydrogen) atoms. The van der Waals surface area contributed by atoms with Gasteiger partial charge in [-0.15, -0.1) is 0 Å². The Morgan fingerprint density at radius 2 is 2.21 bits per heavy atom. The van der Waals surface area contributed by atoms with E-state index in [2.05, 4.69) is 15.5 Å². The molecule has 0 spiro atoms. The maximum atomic E-state index is 11.3. The quantitative estimate of drug-likeness (QED) is 0.647. The Morgan fingerprint density at radius 3 is 2.64 bits per heavy atom. The Hall–Kier alpha value is -1.85. The van der Waals surface area contributed by atoms with Gasteiger partial charge in [0.15, 0.2) is 5.69 Å². The van der Waals surface area contributed by atoms with Crippen LogP contribution in [0.3, 0.4) is 0 Å². The van der Waals surface area contributed by atoms with E-state index in [0.717, 1.165) is 0 Å². The van der Waals surface area contributed by atoms with E-state index in [-0.39, 0.29) is 23.3 Å². The second-order valence-electron chi connectivity index (χ2n) is 3.10. The third-order valence-electron chi connectivity index (χ3n) is 1.46. The largest absolute Gasteiger partial charge is 0.477 e. The molecule has 1 aromatic rings. The van der Waals surface area contributed by atoms with Crippen LogP contribution < -0.4 is 5.32 Å². The number of aromatic amines is 1. The standard InChI is InChI=1S/C8H11N3O3/c1-4(2)9-7(12)5-3-6(8(13)14)11-10-5/h3-4H,1-2H3,(H,9,12)(H,10,11)(H,13,14). The van der Waals surface area contributed by atoms with Crippen molar-refractivity contribution < 1.29 is 14.7 Å². The van der Waals surface area contributed by atoms with Crippen molar-refractivity contribution >= 4 is 11.9 Å². The molecule has 1 amide bonds. The zero-order valence-corrected chi connectivity index (χ0v) is 7.87. The summed E-state index contributed by atoms with van der Waals surface area (Å²) < 4.78 is 0. The highest BCUT2D eigenvalue weighted by atomic mass is 16.4. The molecular weight excluding hydrogens is 186 g/mol. The van der Waals surface area contributed by atoms with Gasteiger partial charge in [-0.3, -0.25) is 9.89 Å². The lowest BCUT2D eigenvalue weighted by Crippen LogP contribution is -2.30. The fourth-order valence-corrected chi connectivity index (χ4v) is 0.884. The van der Waals surface area contributed by atoms with Gasteiger partial charge in [-0.2, -0.15) is 5.10 Å². The van der Waals surface area contributed by atoms with Gasteiger partial charge in [0.25, 0.3) is 5.91 Å². The fourth-order valence-electron chi connectivity index (χ4n) is 0.884. The molecule has 0 aliphatic rings. The number of nitrogens with one attached hydrogen (secondary N) is 2. The average Bonchev–Trinajstić information content (AvgIpc) is 2.50. The molecule has 1 heterocycles. The molecule has 1 rings (SSSR count). The van der Waals surface area contributed by atoms with Gasteiger partial charge in [-0.05, 0) is 13.8 Å². The molecule has 0 bridgehead atoms. The lowest BCUT2D eigenvalue weighted by Gasteiger charge is -2.04. The predicted molar refractivity (Wildman–Crippen MR) is 48.1 cm³/mol. The molecule has 1 aromatic heterocycles. The Balaban J connectivity index is 2.76. The number of aromatic nitrogens is 2. The van der Waals surface area contributed by atoms with Crippen molar-refractivity contribution in [3.05, 3.63) is 17.5 Å². The van der Waals surface area contributed by atoms with Gasteiger partial charge in [0.1, 0.15) is 5.69 Å². The molecule has 76 valence electrons. The van der Waals surface area contributed by atoms with Crippen LogP contribution in [0.5, 0.6) is 0 Å². The van der Waals surface area contributed by atoms with E-state index in [1.54, 1.807) is 0 Å². The second-order valence-corrected chi connectivity index (χ2v) is 3.10. The Labute approximate surface area is 80.3 Å². The zero-order valence-electron chi connectivity index (χ0n) is 7.87. The maximum Gasteiger partial charge on any atom is 0.353 e. The topological polar surface area (TPSA) is 95.1 Å². The third kappa shape index (κ3) is 2.32. The summed E-state index contributed by atoms with van der Waals surface area (Å²) in [5, 5.41) is 17.0. The summed E-state index contributed by atoms with van der Waals surface area (Å²) in [5.74, 6) is -1.52. The number of H-pyrrole nitrogens is 1. The van der Waals surface area contributed by atoms with Crippen molar-refractivity contribution in [3.8, 4) is 0 Å². The van der Waals surface area contributed by atoms with Crippen molar-refractivity contribution in [1.29, 1.82) is 0 Å². The van der Waals surface area contributed by atoms with Gasteiger partial charge in [-0.25, -0.2) is 4.79 Å². The molecule has 0 fully saturated rings. The number of nitrogens with zero attached hydrogens (tertiary/aromatic N) is 1. The van der Waals surface area contributed by atoms with Crippen LogP contribution in [-0.2, 0) is 0 Å². The van der Waals surface area contributed by atoms with Gasteiger partial charge >= 0.3 is 5.97 Å². The van der Waals surface area contributed by atoms with E-state index < -0.39 is 5.97 Å². The summed E-state index contributed by atoms with van der Waals surface area (Å²) in [6.07, 6.45) is 0. The Bertz CT molecular complexity index is 356. The summed E-state index contributed by atoms with van der Waals surface area (Å²) in [4.78, 5) is 21.8. The summed E-state index contributed by atoms with van der Waals surface area (Å²) in [7, 11) is 0. The van der Waals surface area contributed by atoms with Crippen LogP contribution in [-0.4, -0.2) is 33.2 Å². The monoisotopic (exact) mass is 197 g/mol. The summed E-state index contributed by atoms with van der Waals surface area (Å²) in [5.41, 5.74) is -0.0185. The smallest absolute Gasteiger partial charge is 0.353 e. The first-order chi connectivity index (χ1) is 6.50. The van der Waals surface area contributed by atoms with Crippen LogP contribution in [0, 0.1) is 0 Å². The molecule has 0 aromatic carbocycles. The molecule has 0 saturated heterocycles. The summed E-state index contributed by atoms with van der Waals surface area (Å²) in [6.45, 7) is 3.62. The van der Waals surface area contributed by atoms with E-state index in [1.807, 2.05) is 13.8 Å². The van der Waals surface area contributed by atoms with Crippen LogP contribution in [0.25, 0.3) is 0 Å². The highest BCUT2D eigenvalue weighted by Crippen LogP contribution is 1.99. The van der Waals surface area contributed by atoms with Crippen LogP contribution in [0.1, 0.15) is 34.8 Å². The molecule has 6 heteroatoms. The maximum absolute atomic E-state index is 11.3. The molecule has 0 radical (unpaired) electrons. The number of hydrogen-bond acceptors (Lipinski definition) is 3. The first-order valence-electron chi connectivity index (χ1n) is 4.10. The van der Waals surface area contributed by atoms with Crippen molar-refractivity contribution in [1.82, 2.24) is 15.5 Å². The number of carboxylic acid groups (broad SMARTS) is 1. The van der Waals surface area contributed by atoms with Crippen LogP contribution in [0.4, 0.5) is 0 Å². The third-order valence-corrected chi connectivity index (χ3v) is 1.46. The average molecular weight is 197 g/mol. The highest BCUT2D eigenvalue weighted by Gasteiger charge is 2.13. The van der Waals surface area contributed by atoms with E-state index >= 15 is 0 Å². The van der Waals surface area contributed by atoms with Crippen molar-refractivity contribution in [3.63, 3.8) is 0 Å². The minimum atomic E-state index is -1.14. The van der Waals surface area contributed by atoms with Crippen molar-refractivity contribution in [2.24, 2.45) is 0 Å². The number of carboxylic acids is 1. The molecule has 0 unspecified atom stereocenters. The number of hydrogen-bond donors (Lipinski definition) is 3. The highest BCUT2D eigenvalue weighted by molar-refractivity contribution is 5.95. The Kier molecular flexibility index (Phi) is 2.85. The van der Waals surface area contributed by atoms with Crippen LogP contribution in [0.2, 0.25) is 0 Å². The van der Waals surface area contributed by atoms with Crippen LogP contribution >= 0.6 is 0 Å². The van der Waals surface area contributed by atoms with Crippen molar-refractivity contribution in [2.45, 2.75) is 19.9 Å². The normalized spacial score (nSPS) is 10.2. The minimum Gasteiger partial charge on any atom is -0.477 e. The van der Waals surface area contributed by atoms with E-state index in [9.17, 15) is 9.59 Å². The van der Waals surface area contributed by atoms with Gasteiger partial charge in [0.05, 0.1) is 0 Å². The minimum absolute atomic E-state index is 0.00696. The van der Waals surface area contributed by atoms with Gasteiger partial charge in [0.2, 0.25) is 0 Å². The van der Waals surface area contributed by atoms with E-state index in [4.69, 9.17) is 5.11 Å². The first kappa shape index (κ1) is 10.2. The number of amides is 1. The number of carbonyl (C=O) groups is 2. The van der Waals surface area contributed by atoms with Crippen LogP contribution in [0.15, 0.2) is 6.07 Å². The molecule has 0 aliphatic heterocycles. The van der Waals surface area contributed by atoms with E-state index in [0.29, 0.717) is 0 Å². The molecule has 0 atom stereocenters. The van der Waals surface area contributed by atoms with Gasteiger partial charge < -0.3 is 10.4 Å². The first-order valence-corrected chi connectivity index (χ1v) is 4.10. The second kappa shape index (κ2) is 3.91. The lowest BCUT2D eigenvalue weighted by molar-refractivity contribution is 0.0690. The van der Waals surface area contributed by atoms with Gasteiger partial charge in [-0.1, -0.05) is 0 Å². The molecular formula is C8H11N3O3. The molecule has 0 saturated carbocycles. The van der Waals surface area contributed by atoms with E-state index in [1.165, 1.54) is 6.07 Å². The predicted octanol–water partition coefficient (Wildman–Crippen LogP) is 0.246. The lowest BCUT2D eigenvalue weighted by atomic mass is 10.3. The molecule has 0 aliphatic carbocycles. The molecule has 3 N–H and O–H groups in total. The van der Waals surface area contributed by atoms with Crippen molar-refractivity contribution in [2.75, 3.05) is 0 Å². The summed E-state index contributed by atoms with van der Waals surface area (Å²) in [6, 6.07) is 1.19. The molecule has 6 nitrogen and oxygen atoms in total.